The molecule has 1 aliphatic carbocycles. The highest BCUT2D eigenvalue weighted by molar-refractivity contribution is 5.89. The molecule has 0 aliphatic heterocycles. The van der Waals surface area contributed by atoms with Gasteiger partial charge in [0.1, 0.15) is 0 Å². The molecule has 0 spiro atoms. The van der Waals surface area contributed by atoms with Gasteiger partial charge in [-0.3, -0.25) is 9.78 Å². The summed E-state index contributed by atoms with van der Waals surface area (Å²) in [5.74, 6) is -0.175. The Morgan fingerprint density at radius 3 is 3.08 bits per heavy atom. The van der Waals surface area contributed by atoms with Gasteiger partial charge in [0.2, 0.25) is 5.95 Å². The Balaban J connectivity index is 1.80. The average Bonchev–Trinajstić information content (AvgIpc) is 3.23. The van der Waals surface area contributed by atoms with Crippen LogP contribution in [0.1, 0.15) is 34.8 Å². The van der Waals surface area contributed by atoms with Gasteiger partial charge in [-0.15, -0.1) is 0 Å². The maximum atomic E-state index is 12.5. The van der Waals surface area contributed by atoms with E-state index in [1.807, 2.05) is 12.1 Å². The van der Waals surface area contributed by atoms with Crippen LogP contribution >= 0.6 is 0 Å². The third kappa shape index (κ3) is 2.29. The van der Waals surface area contributed by atoms with Crippen molar-refractivity contribution >= 4 is 16.9 Å². The van der Waals surface area contributed by atoms with Gasteiger partial charge in [0, 0.05) is 6.20 Å². The number of rotatable bonds is 3. The number of esters is 1. The van der Waals surface area contributed by atoms with E-state index in [1.54, 1.807) is 6.92 Å². The molecule has 24 heavy (non-hydrogen) atoms. The number of aryl methyl sites for hydroxylation is 2. The second-order valence-corrected chi connectivity index (χ2v) is 5.73. The Morgan fingerprint density at radius 1 is 1.38 bits per heavy atom. The molecule has 1 aliphatic rings. The van der Waals surface area contributed by atoms with Crippen molar-refractivity contribution in [2.45, 2.75) is 26.2 Å². The molecule has 0 saturated heterocycles. The van der Waals surface area contributed by atoms with E-state index in [2.05, 4.69) is 15.1 Å². The predicted octanol–water partition coefficient (Wildman–Crippen LogP) is 1.77. The van der Waals surface area contributed by atoms with E-state index in [0.29, 0.717) is 23.1 Å². The van der Waals surface area contributed by atoms with Gasteiger partial charge in [-0.25, -0.2) is 14.5 Å². The van der Waals surface area contributed by atoms with Gasteiger partial charge < -0.3 is 4.74 Å². The molecule has 3 aromatic rings. The van der Waals surface area contributed by atoms with Gasteiger partial charge in [0.15, 0.2) is 0 Å². The van der Waals surface area contributed by atoms with Crippen LogP contribution in [0.5, 0.6) is 0 Å². The van der Waals surface area contributed by atoms with Crippen molar-refractivity contribution in [1.29, 1.82) is 0 Å². The molecular weight excluding hydrogens is 308 g/mol. The third-order valence-electron chi connectivity index (χ3n) is 4.25. The summed E-state index contributed by atoms with van der Waals surface area (Å²) in [7, 11) is 0. The van der Waals surface area contributed by atoms with E-state index in [4.69, 9.17) is 4.74 Å². The number of hydrogen-bond acceptors (Lipinski definition) is 5. The van der Waals surface area contributed by atoms with Crippen molar-refractivity contribution in [3.63, 3.8) is 0 Å². The molecule has 0 fully saturated rings. The Morgan fingerprint density at radius 2 is 2.25 bits per heavy atom. The molecule has 0 amide bonds. The quantitative estimate of drug-likeness (QED) is 0.742. The van der Waals surface area contributed by atoms with Crippen LogP contribution in [0.15, 0.2) is 29.3 Å². The molecule has 7 heteroatoms. The van der Waals surface area contributed by atoms with Crippen LogP contribution in [0.3, 0.4) is 0 Å². The number of nitrogens with zero attached hydrogens (tertiary/aromatic N) is 3. The van der Waals surface area contributed by atoms with E-state index in [1.165, 1.54) is 22.6 Å². The SMILES string of the molecule is CCOC(=O)c1cnn(-c2nc3ccc4c(c3c(=O)[nH]2)CCC4)c1. The summed E-state index contributed by atoms with van der Waals surface area (Å²) >= 11 is 0. The zero-order valence-electron chi connectivity index (χ0n) is 13.2. The molecule has 122 valence electrons. The summed E-state index contributed by atoms with van der Waals surface area (Å²) in [6, 6.07) is 3.90. The van der Waals surface area contributed by atoms with Crippen LogP contribution in [-0.2, 0) is 17.6 Å². The Labute approximate surface area is 137 Å². The zero-order chi connectivity index (χ0) is 16.7. The van der Waals surface area contributed by atoms with E-state index < -0.39 is 5.97 Å². The minimum atomic E-state index is -0.454. The lowest BCUT2D eigenvalue weighted by molar-refractivity contribution is 0.0526. The average molecular weight is 324 g/mol. The number of benzene rings is 1. The lowest BCUT2D eigenvalue weighted by Crippen LogP contribution is -2.15. The lowest BCUT2D eigenvalue weighted by atomic mass is 10.1. The maximum Gasteiger partial charge on any atom is 0.341 e. The molecular formula is C17H16N4O3. The number of carbonyl (C=O) groups is 1. The Bertz CT molecular complexity index is 1000. The van der Waals surface area contributed by atoms with Crippen molar-refractivity contribution in [3.05, 3.63) is 51.6 Å². The van der Waals surface area contributed by atoms with Gasteiger partial charge in [0.05, 0.1) is 29.3 Å². The molecule has 4 rings (SSSR count). The molecule has 0 radical (unpaired) electrons. The molecule has 1 N–H and O–H groups in total. The summed E-state index contributed by atoms with van der Waals surface area (Å²) in [5, 5.41) is 4.75. The smallest absolute Gasteiger partial charge is 0.341 e. The van der Waals surface area contributed by atoms with Gasteiger partial charge in [-0.2, -0.15) is 5.10 Å². The first-order valence-corrected chi connectivity index (χ1v) is 7.94. The van der Waals surface area contributed by atoms with Crippen LogP contribution in [0.2, 0.25) is 0 Å². The minimum Gasteiger partial charge on any atom is -0.462 e. The summed E-state index contributed by atoms with van der Waals surface area (Å²) in [5.41, 5.74) is 3.10. The summed E-state index contributed by atoms with van der Waals surface area (Å²) in [6.07, 6.45) is 5.87. The number of aromatic amines is 1. The summed E-state index contributed by atoms with van der Waals surface area (Å²) in [4.78, 5) is 31.5. The zero-order valence-corrected chi connectivity index (χ0v) is 13.2. The molecule has 2 aromatic heterocycles. The van der Waals surface area contributed by atoms with E-state index in [0.717, 1.165) is 24.8 Å². The molecule has 0 saturated carbocycles. The maximum absolute atomic E-state index is 12.5. The van der Waals surface area contributed by atoms with E-state index in [9.17, 15) is 9.59 Å². The van der Waals surface area contributed by atoms with Gasteiger partial charge in [0.25, 0.3) is 5.56 Å². The number of fused-ring (bicyclic) bond motifs is 3. The van der Waals surface area contributed by atoms with Crippen LogP contribution in [0.4, 0.5) is 0 Å². The first-order chi connectivity index (χ1) is 11.7. The first kappa shape index (κ1) is 14.6. The fourth-order valence-corrected chi connectivity index (χ4v) is 3.17. The minimum absolute atomic E-state index is 0.179. The molecule has 1 aromatic carbocycles. The summed E-state index contributed by atoms with van der Waals surface area (Å²) in [6.45, 7) is 2.03. The number of aromatic nitrogens is 4. The van der Waals surface area contributed by atoms with Gasteiger partial charge in [-0.1, -0.05) is 6.07 Å². The van der Waals surface area contributed by atoms with Crippen LogP contribution in [0, 0.1) is 0 Å². The third-order valence-corrected chi connectivity index (χ3v) is 4.25. The van der Waals surface area contributed by atoms with Crippen LogP contribution in [0.25, 0.3) is 16.9 Å². The predicted molar refractivity (Wildman–Crippen MR) is 87.5 cm³/mol. The number of carbonyl (C=O) groups excluding carboxylic acids is 1. The number of hydrogen-bond donors (Lipinski definition) is 1. The number of nitrogens with one attached hydrogen (secondary N) is 1. The largest absolute Gasteiger partial charge is 0.462 e. The van der Waals surface area contributed by atoms with Crippen LogP contribution in [-0.4, -0.2) is 32.3 Å². The number of H-pyrrole nitrogens is 1. The summed E-state index contributed by atoms with van der Waals surface area (Å²) < 4.78 is 6.31. The Hall–Kier alpha value is -2.96. The van der Waals surface area contributed by atoms with Crippen molar-refractivity contribution in [1.82, 2.24) is 19.7 Å². The highest BCUT2D eigenvalue weighted by atomic mass is 16.5. The standard InChI is InChI=1S/C17H16N4O3/c1-2-24-16(23)11-8-18-21(9-11)17-19-13-7-6-10-4-3-5-12(10)14(13)15(22)20-17/h6-9H,2-5H2,1H3,(H,19,20,22). The highest BCUT2D eigenvalue weighted by Crippen LogP contribution is 2.27. The van der Waals surface area contributed by atoms with Crippen molar-refractivity contribution < 1.29 is 9.53 Å². The van der Waals surface area contributed by atoms with E-state index in [-0.39, 0.29) is 11.5 Å². The highest BCUT2D eigenvalue weighted by Gasteiger charge is 2.18. The molecule has 7 nitrogen and oxygen atoms in total. The van der Waals surface area contributed by atoms with E-state index >= 15 is 0 Å². The van der Waals surface area contributed by atoms with Crippen molar-refractivity contribution in [2.24, 2.45) is 0 Å². The lowest BCUT2D eigenvalue weighted by Gasteiger charge is -2.06. The molecule has 2 heterocycles. The molecule has 0 atom stereocenters. The Kier molecular flexibility index (Phi) is 3.41. The normalized spacial score (nSPS) is 13.2. The molecule has 0 unspecified atom stereocenters. The van der Waals surface area contributed by atoms with Gasteiger partial charge >= 0.3 is 5.97 Å². The molecule has 0 bridgehead atoms. The fourth-order valence-electron chi connectivity index (χ4n) is 3.17. The van der Waals surface area contributed by atoms with Gasteiger partial charge in [-0.05, 0) is 43.4 Å². The first-order valence-electron chi connectivity index (χ1n) is 7.94. The van der Waals surface area contributed by atoms with Crippen molar-refractivity contribution in [3.8, 4) is 5.95 Å². The fraction of sp³-hybridized carbons (Fsp3) is 0.294. The second kappa shape index (κ2) is 5.59. The topological polar surface area (TPSA) is 89.9 Å². The van der Waals surface area contributed by atoms with Crippen molar-refractivity contribution in [2.75, 3.05) is 6.61 Å². The number of ether oxygens (including phenoxy) is 1. The van der Waals surface area contributed by atoms with Crippen LogP contribution < -0.4 is 5.56 Å². The monoisotopic (exact) mass is 324 g/mol. The second-order valence-electron chi connectivity index (χ2n) is 5.73.